The van der Waals surface area contributed by atoms with Crippen LogP contribution in [0, 0.1) is 0 Å². The Morgan fingerprint density at radius 1 is 0.607 bits per heavy atom. The maximum Gasteiger partial charge on any atom is 0.217 e. The van der Waals surface area contributed by atoms with E-state index in [1.54, 1.807) is 11.8 Å². The van der Waals surface area contributed by atoms with E-state index in [0.717, 1.165) is 7.11 Å². The zero-order chi connectivity index (χ0) is 21.3. The summed E-state index contributed by atoms with van der Waals surface area (Å²) >= 11 is 1.69. The minimum absolute atomic E-state index is 0.808. The molecule has 0 aromatic rings. The highest BCUT2D eigenvalue weighted by atomic mass is 32.3. The monoisotopic (exact) mass is 440 g/mol. The molecule has 0 aliphatic heterocycles. The van der Waals surface area contributed by atoms with Gasteiger partial charge in [0.25, 0.3) is 0 Å². The molecule has 0 unspecified atom stereocenters. The first-order valence-corrected chi connectivity index (χ1v) is 14.2. The third-order valence-corrected chi connectivity index (χ3v) is 6.56. The first kappa shape index (κ1) is 30.4. The fraction of sp³-hybridized carbons (Fsp3) is 1.00. The zero-order valence-electron chi connectivity index (χ0n) is 18.9. The minimum Gasteiger partial charge on any atom is -0.726 e. The van der Waals surface area contributed by atoms with Crippen LogP contribution in [0.1, 0.15) is 123 Å². The lowest BCUT2D eigenvalue weighted by atomic mass is 10.0. The van der Waals surface area contributed by atoms with Crippen LogP contribution < -0.4 is 0 Å². The summed E-state index contributed by atoms with van der Waals surface area (Å²) < 4.78 is 31.0. The Morgan fingerprint density at radius 3 is 1.21 bits per heavy atom. The lowest BCUT2D eigenvalue weighted by Gasteiger charge is -2.03. The molecule has 0 amide bonds. The third-order valence-electron chi connectivity index (χ3n) is 4.76. The largest absolute Gasteiger partial charge is 0.726 e. The van der Waals surface area contributed by atoms with Crippen LogP contribution in [-0.2, 0) is 26.3 Å². The van der Waals surface area contributed by atoms with Crippen LogP contribution in [0.15, 0.2) is 0 Å². The number of hydrogen-bond donors (Lipinski definition) is 0. The van der Waals surface area contributed by atoms with E-state index in [1.165, 1.54) is 121 Å². The molecule has 0 aromatic heterocycles. The summed E-state index contributed by atoms with van der Waals surface area (Å²) in [5, 5.41) is 0. The number of thiol groups is 1. The van der Waals surface area contributed by atoms with Crippen LogP contribution in [0.25, 0.3) is 0 Å². The quantitative estimate of drug-likeness (QED) is 0.0706. The van der Waals surface area contributed by atoms with Crippen LogP contribution in [0.3, 0.4) is 0 Å². The Balaban J connectivity index is 0. The molecule has 0 rings (SSSR count). The predicted octanol–water partition coefficient (Wildman–Crippen LogP) is 6.57. The van der Waals surface area contributed by atoms with Gasteiger partial charge in [-0.1, -0.05) is 104 Å². The molecule has 0 heterocycles. The van der Waals surface area contributed by atoms with Crippen LogP contribution in [0.5, 0.6) is 0 Å². The molecular formula is C22H48O4S2. The second-order valence-electron chi connectivity index (χ2n) is 7.55. The van der Waals surface area contributed by atoms with E-state index in [9.17, 15) is 13.0 Å². The number of hydrogen-bond acceptors (Lipinski definition) is 4. The van der Waals surface area contributed by atoms with Gasteiger partial charge in [0, 0.05) is 0 Å². The zero-order valence-corrected chi connectivity index (χ0v) is 20.6. The Labute approximate surface area is 180 Å². The van der Waals surface area contributed by atoms with Gasteiger partial charge in [-0.3, -0.25) is 4.18 Å². The van der Waals surface area contributed by atoms with Gasteiger partial charge in [0.15, 0.2) is 0 Å². The van der Waals surface area contributed by atoms with Crippen molar-refractivity contribution in [3.63, 3.8) is 0 Å². The van der Waals surface area contributed by atoms with Crippen molar-refractivity contribution in [3.8, 4) is 0 Å². The van der Waals surface area contributed by atoms with E-state index in [2.05, 4.69) is 18.0 Å². The van der Waals surface area contributed by atoms with Gasteiger partial charge in [0.2, 0.25) is 10.4 Å². The summed E-state index contributed by atoms with van der Waals surface area (Å²) in [6.45, 7) is 4.59. The molecule has 28 heavy (non-hydrogen) atoms. The average molecular weight is 441 g/mol. The smallest absolute Gasteiger partial charge is 0.217 e. The van der Waals surface area contributed by atoms with Crippen molar-refractivity contribution in [2.45, 2.75) is 123 Å². The molecule has 0 N–H and O–H groups in total. The normalized spacial score (nSPS) is 11.3. The molecule has 0 aromatic carbocycles. The summed E-state index contributed by atoms with van der Waals surface area (Å²) in [5.41, 5.74) is 0. The van der Waals surface area contributed by atoms with E-state index >= 15 is 0 Å². The summed E-state index contributed by atoms with van der Waals surface area (Å²) in [7, 11) is -3.60. The van der Waals surface area contributed by atoms with Gasteiger partial charge in [-0.25, -0.2) is 8.42 Å². The molecule has 4 nitrogen and oxygen atoms in total. The maximum absolute atomic E-state index is 9.22. The molecule has 0 aliphatic rings. The molecule has 0 atom stereocenters. The van der Waals surface area contributed by atoms with Crippen molar-refractivity contribution in [1.29, 1.82) is 0 Å². The van der Waals surface area contributed by atoms with Crippen molar-refractivity contribution in [2.24, 2.45) is 0 Å². The highest BCUT2D eigenvalue weighted by Crippen LogP contribution is 2.13. The van der Waals surface area contributed by atoms with Crippen molar-refractivity contribution in [2.75, 3.05) is 18.6 Å². The van der Waals surface area contributed by atoms with Crippen LogP contribution in [0.2, 0.25) is 0 Å². The van der Waals surface area contributed by atoms with Crippen LogP contribution in [-0.4, -0.2) is 31.6 Å². The Kier molecular flexibility index (Phi) is 27.4. The highest BCUT2D eigenvalue weighted by Gasteiger charge is 1.97. The highest BCUT2D eigenvalue weighted by molar-refractivity contribution is 7.80. The second kappa shape index (κ2) is 25.3. The van der Waals surface area contributed by atoms with E-state index in [-0.39, 0.29) is 0 Å². The van der Waals surface area contributed by atoms with Crippen molar-refractivity contribution < 1.29 is 17.2 Å². The Bertz CT molecular complexity index is 353. The lowest BCUT2D eigenvalue weighted by molar-refractivity contribution is 0.314. The van der Waals surface area contributed by atoms with Crippen LogP contribution in [0.4, 0.5) is 0 Å². The van der Waals surface area contributed by atoms with Gasteiger partial charge >= 0.3 is 0 Å². The summed E-state index contributed by atoms with van der Waals surface area (Å²) in [5.74, 6) is 2.87. The number of rotatable bonds is 20. The molecule has 0 saturated heterocycles. The molecule has 0 saturated carbocycles. The topological polar surface area (TPSA) is 66.4 Å². The second-order valence-corrected chi connectivity index (χ2v) is 10.0. The van der Waals surface area contributed by atoms with E-state index in [1.807, 2.05) is 0 Å². The fourth-order valence-electron chi connectivity index (χ4n) is 3.04. The van der Waals surface area contributed by atoms with Gasteiger partial charge in [-0.2, -0.15) is 0 Å². The fourth-order valence-corrected chi connectivity index (χ4v) is 4.03. The van der Waals surface area contributed by atoms with Gasteiger partial charge in [0.05, 0.1) is 7.11 Å². The average Bonchev–Trinajstić information content (AvgIpc) is 2.67. The van der Waals surface area contributed by atoms with Crippen molar-refractivity contribution in [1.82, 2.24) is 0 Å². The Morgan fingerprint density at radius 2 is 0.929 bits per heavy atom. The van der Waals surface area contributed by atoms with E-state index in [4.69, 9.17) is 0 Å². The van der Waals surface area contributed by atoms with Gasteiger partial charge in [0.1, 0.15) is 11.5 Å². The standard InChI is InChI=1S/C21H44S.CH4O4S/c1-3-5-6-7-8-9-10-11-12-13-14-15-16-17-18-19-21-22-20-4-2;1-5-6(2,3)4/h3-21H2,1-2H3;1H3,(H,2,3,4). The molecule has 0 bridgehead atoms. The van der Waals surface area contributed by atoms with E-state index in [0.29, 0.717) is 0 Å². The van der Waals surface area contributed by atoms with E-state index < -0.39 is 10.4 Å². The molecule has 172 valence electrons. The maximum atomic E-state index is 9.22. The minimum atomic E-state index is -4.41. The van der Waals surface area contributed by atoms with Gasteiger partial charge in [-0.15, -0.1) is 0 Å². The molecular weight excluding hydrogens is 392 g/mol. The first-order valence-electron chi connectivity index (χ1n) is 11.6. The van der Waals surface area contributed by atoms with Crippen molar-refractivity contribution in [3.05, 3.63) is 0 Å². The molecule has 6 heteroatoms. The SMILES string of the molecule is CCCCCCCCCCCCCCCCCC[SH+]CCC.COS(=O)(=O)[O-]. The summed E-state index contributed by atoms with van der Waals surface area (Å²) in [4.78, 5) is 0. The predicted molar refractivity (Wildman–Crippen MR) is 125 cm³/mol. The van der Waals surface area contributed by atoms with Crippen molar-refractivity contribution >= 4 is 22.2 Å². The molecule has 0 fully saturated rings. The third kappa shape index (κ3) is 33.8. The summed E-state index contributed by atoms with van der Waals surface area (Å²) in [6, 6.07) is 0. The Hall–Kier alpha value is 0.220. The lowest BCUT2D eigenvalue weighted by Crippen LogP contribution is -1.97. The first-order chi connectivity index (χ1) is 13.5. The van der Waals surface area contributed by atoms with Gasteiger partial charge < -0.3 is 4.55 Å². The van der Waals surface area contributed by atoms with Crippen LogP contribution >= 0.6 is 0 Å². The number of unbranched alkanes of at least 4 members (excludes halogenated alkanes) is 15. The summed E-state index contributed by atoms with van der Waals surface area (Å²) in [6.07, 6.45) is 25.0. The molecule has 0 radical (unpaired) electrons. The van der Waals surface area contributed by atoms with Gasteiger partial charge in [-0.05, 0) is 31.0 Å². The molecule has 0 spiro atoms. The molecule has 0 aliphatic carbocycles.